The van der Waals surface area contributed by atoms with Crippen LogP contribution in [0, 0.1) is 5.92 Å². The van der Waals surface area contributed by atoms with Gasteiger partial charge in [-0.3, -0.25) is 9.78 Å². The van der Waals surface area contributed by atoms with Gasteiger partial charge in [0.25, 0.3) is 0 Å². The molecule has 2 aliphatic rings. The van der Waals surface area contributed by atoms with E-state index in [1.54, 1.807) is 12.4 Å². The zero-order valence-electron chi connectivity index (χ0n) is 10.4. The van der Waals surface area contributed by atoms with Crippen molar-refractivity contribution in [3.63, 3.8) is 0 Å². The molecule has 0 radical (unpaired) electrons. The van der Waals surface area contributed by atoms with Crippen LogP contribution in [0.1, 0.15) is 25.7 Å². The Kier molecular flexibility index (Phi) is 3.17. The lowest BCUT2D eigenvalue weighted by atomic mass is 10.0. The fourth-order valence-corrected chi connectivity index (χ4v) is 2.73. The fraction of sp³-hybridized carbons (Fsp3) is 0.571. The molecule has 4 nitrogen and oxygen atoms in total. The number of hydrogen-bond donors (Lipinski definition) is 0. The molecule has 2 heterocycles. The van der Waals surface area contributed by atoms with Gasteiger partial charge in [-0.05, 0) is 25.0 Å². The van der Waals surface area contributed by atoms with Gasteiger partial charge in [0.1, 0.15) is 11.9 Å². The lowest BCUT2D eigenvalue weighted by Gasteiger charge is -2.40. The van der Waals surface area contributed by atoms with Crippen LogP contribution in [0.5, 0.6) is 5.75 Å². The Balaban J connectivity index is 1.47. The quantitative estimate of drug-likeness (QED) is 0.817. The summed E-state index contributed by atoms with van der Waals surface area (Å²) in [5, 5.41) is 0. The van der Waals surface area contributed by atoms with Crippen molar-refractivity contribution in [2.24, 2.45) is 5.92 Å². The molecule has 1 saturated heterocycles. The average Bonchev–Trinajstić information content (AvgIpc) is 2.87. The summed E-state index contributed by atoms with van der Waals surface area (Å²) in [6.45, 7) is 1.45. The van der Waals surface area contributed by atoms with Gasteiger partial charge in [-0.15, -0.1) is 0 Å². The molecule has 0 spiro atoms. The van der Waals surface area contributed by atoms with E-state index in [4.69, 9.17) is 4.74 Å². The van der Waals surface area contributed by atoms with E-state index < -0.39 is 0 Å². The SMILES string of the molecule is O=C(C1CCCC1)N1CC(Oc2cccnc2)C1. The van der Waals surface area contributed by atoms with Crippen molar-refractivity contribution in [2.45, 2.75) is 31.8 Å². The van der Waals surface area contributed by atoms with Crippen LogP contribution in [0.2, 0.25) is 0 Å². The summed E-state index contributed by atoms with van der Waals surface area (Å²) in [5.41, 5.74) is 0. The third-order valence-corrected chi connectivity index (χ3v) is 3.80. The van der Waals surface area contributed by atoms with Crippen molar-refractivity contribution in [2.75, 3.05) is 13.1 Å². The van der Waals surface area contributed by atoms with Crippen LogP contribution in [0.3, 0.4) is 0 Å². The molecule has 1 amide bonds. The average molecular weight is 246 g/mol. The first-order valence-electron chi connectivity index (χ1n) is 6.68. The third-order valence-electron chi connectivity index (χ3n) is 3.80. The van der Waals surface area contributed by atoms with Crippen molar-refractivity contribution < 1.29 is 9.53 Å². The number of nitrogens with zero attached hydrogens (tertiary/aromatic N) is 2. The van der Waals surface area contributed by atoms with Gasteiger partial charge in [0, 0.05) is 12.1 Å². The van der Waals surface area contributed by atoms with E-state index in [-0.39, 0.29) is 12.0 Å². The second kappa shape index (κ2) is 4.96. The van der Waals surface area contributed by atoms with Crippen molar-refractivity contribution in [3.05, 3.63) is 24.5 Å². The lowest BCUT2D eigenvalue weighted by molar-refractivity contribution is -0.144. The minimum absolute atomic E-state index is 0.138. The normalized spacial score (nSPS) is 20.8. The van der Waals surface area contributed by atoms with E-state index in [2.05, 4.69) is 4.98 Å². The standard InChI is InChI=1S/C14H18N2O2/c17-14(11-4-1-2-5-11)16-9-13(10-16)18-12-6-3-7-15-8-12/h3,6-8,11,13H,1-2,4-5,9-10H2. The Hall–Kier alpha value is -1.58. The number of ether oxygens (including phenoxy) is 1. The van der Waals surface area contributed by atoms with Gasteiger partial charge in [0.05, 0.1) is 19.3 Å². The summed E-state index contributed by atoms with van der Waals surface area (Å²) in [5.74, 6) is 1.40. The molecule has 4 heteroatoms. The minimum atomic E-state index is 0.138. The van der Waals surface area contributed by atoms with Gasteiger partial charge in [-0.2, -0.15) is 0 Å². The predicted octanol–water partition coefficient (Wildman–Crippen LogP) is 1.86. The van der Waals surface area contributed by atoms with Gasteiger partial charge in [0.2, 0.25) is 5.91 Å². The number of hydrogen-bond acceptors (Lipinski definition) is 3. The van der Waals surface area contributed by atoms with Gasteiger partial charge in [-0.25, -0.2) is 0 Å². The number of likely N-dealkylation sites (tertiary alicyclic amines) is 1. The molecular weight excluding hydrogens is 228 g/mol. The summed E-state index contributed by atoms with van der Waals surface area (Å²) in [7, 11) is 0. The Labute approximate surface area is 107 Å². The highest BCUT2D eigenvalue weighted by molar-refractivity contribution is 5.80. The molecule has 1 aliphatic carbocycles. The first-order chi connectivity index (χ1) is 8.83. The van der Waals surface area contributed by atoms with E-state index in [1.165, 1.54) is 12.8 Å². The van der Waals surface area contributed by atoms with Crippen LogP contribution in [0.25, 0.3) is 0 Å². The summed E-state index contributed by atoms with van der Waals surface area (Å²) < 4.78 is 5.74. The third kappa shape index (κ3) is 2.33. The van der Waals surface area contributed by atoms with E-state index in [0.717, 1.165) is 31.7 Å². The molecule has 2 fully saturated rings. The molecule has 3 rings (SSSR count). The van der Waals surface area contributed by atoms with Crippen molar-refractivity contribution in [1.29, 1.82) is 0 Å². The highest BCUT2D eigenvalue weighted by Crippen LogP contribution is 2.28. The Morgan fingerprint density at radius 3 is 2.78 bits per heavy atom. The topological polar surface area (TPSA) is 42.4 Å². The van der Waals surface area contributed by atoms with Crippen LogP contribution in [-0.2, 0) is 4.79 Å². The smallest absolute Gasteiger partial charge is 0.225 e. The minimum Gasteiger partial charge on any atom is -0.485 e. The van der Waals surface area contributed by atoms with E-state index >= 15 is 0 Å². The molecular formula is C14H18N2O2. The van der Waals surface area contributed by atoms with Crippen molar-refractivity contribution in [1.82, 2.24) is 9.88 Å². The molecule has 1 aromatic heterocycles. The molecule has 0 aromatic carbocycles. The highest BCUT2D eigenvalue weighted by atomic mass is 16.5. The Morgan fingerprint density at radius 2 is 2.11 bits per heavy atom. The van der Waals surface area contributed by atoms with Crippen LogP contribution in [-0.4, -0.2) is 35.0 Å². The van der Waals surface area contributed by atoms with Gasteiger partial charge in [-0.1, -0.05) is 12.8 Å². The first-order valence-corrected chi connectivity index (χ1v) is 6.68. The number of pyridine rings is 1. The second-order valence-electron chi connectivity index (χ2n) is 5.15. The fourth-order valence-electron chi connectivity index (χ4n) is 2.73. The molecule has 1 aromatic rings. The summed E-state index contributed by atoms with van der Waals surface area (Å²) >= 11 is 0. The van der Waals surface area contributed by atoms with E-state index in [0.29, 0.717) is 5.91 Å². The number of amides is 1. The van der Waals surface area contributed by atoms with Crippen LogP contribution >= 0.6 is 0 Å². The molecule has 18 heavy (non-hydrogen) atoms. The van der Waals surface area contributed by atoms with Crippen LogP contribution in [0.15, 0.2) is 24.5 Å². The maximum atomic E-state index is 12.1. The first kappa shape index (κ1) is 11.5. The van der Waals surface area contributed by atoms with Crippen molar-refractivity contribution in [3.8, 4) is 5.75 Å². The maximum absolute atomic E-state index is 12.1. The lowest BCUT2D eigenvalue weighted by Crippen LogP contribution is -2.57. The second-order valence-corrected chi connectivity index (χ2v) is 5.15. The predicted molar refractivity (Wildman–Crippen MR) is 67.2 cm³/mol. The summed E-state index contributed by atoms with van der Waals surface area (Å²) in [6, 6.07) is 3.75. The van der Waals surface area contributed by atoms with E-state index in [1.807, 2.05) is 17.0 Å². The maximum Gasteiger partial charge on any atom is 0.225 e. The number of carbonyl (C=O) groups excluding carboxylic acids is 1. The summed E-state index contributed by atoms with van der Waals surface area (Å²) in [4.78, 5) is 18.0. The molecule has 1 aliphatic heterocycles. The molecule has 0 bridgehead atoms. The number of rotatable bonds is 3. The molecule has 96 valence electrons. The number of carbonyl (C=O) groups is 1. The summed E-state index contributed by atoms with van der Waals surface area (Å²) in [6.07, 6.45) is 8.14. The van der Waals surface area contributed by atoms with Gasteiger partial charge in [0.15, 0.2) is 0 Å². The zero-order valence-corrected chi connectivity index (χ0v) is 10.4. The van der Waals surface area contributed by atoms with Gasteiger partial charge >= 0.3 is 0 Å². The Morgan fingerprint density at radius 1 is 1.33 bits per heavy atom. The largest absolute Gasteiger partial charge is 0.485 e. The monoisotopic (exact) mass is 246 g/mol. The van der Waals surface area contributed by atoms with E-state index in [9.17, 15) is 4.79 Å². The highest BCUT2D eigenvalue weighted by Gasteiger charge is 2.36. The molecule has 0 N–H and O–H groups in total. The van der Waals surface area contributed by atoms with Crippen molar-refractivity contribution >= 4 is 5.91 Å². The van der Waals surface area contributed by atoms with Gasteiger partial charge < -0.3 is 9.64 Å². The zero-order chi connectivity index (χ0) is 12.4. The van der Waals surface area contributed by atoms with Crippen LogP contribution in [0.4, 0.5) is 0 Å². The number of aromatic nitrogens is 1. The molecule has 1 saturated carbocycles. The molecule has 0 unspecified atom stereocenters. The Bertz CT molecular complexity index is 409. The molecule has 0 atom stereocenters. The van der Waals surface area contributed by atoms with Crippen LogP contribution < -0.4 is 4.74 Å².